The number of aryl methyl sites for hydroxylation is 9. The lowest BCUT2D eigenvalue weighted by Crippen LogP contribution is -2.15. The number of azo groups is 1. The lowest BCUT2D eigenvalue weighted by Gasteiger charge is -2.27. The van der Waals surface area contributed by atoms with Crippen molar-refractivity contribution in [3.8, 4) is 11.2 Å². The third-order valence-electron chi connectivity index (χ3n) is 10.5. The SMILES string of the molecule is Cc1cc(C)c(Nc2nc(N(c3nc4ccc(C)cc4s3)c3c(C)cc(C)cc3C)cc(C)c2N=Nc2c(C#N)c(C(C)(C)C)nn2-c2nc3ccc(C)cc3s2)c(C)c1. The van der Waals surface area contributed by atoms with Crippen LogP contribution in [0, 0.1) is 73.6 Å². The first kappa shape index (κ1) is 40.5. The maximum atomic E-state index is 10.7. The maximum Gasteiger partial charge on any atom is 0.213 e. The van der Waals surface area contributed by atoms with Crippen LogP contribution in [0.5, 0.6) is 0 Å². The van der Waals surface area contributed by atoms with Crippen LogP contribution in [0.15, 0.2) is 77.0 Å². The first-order valence-electron chi connectivity index (χ1n) is 19.9. The van der Waals surface area contributed by atoms with Crippen LogP contribution in [0.1, 0.15) is 82.1 Å². The Morgan fingerprint density at radius 1 is 0.667 bits per heavy atom. The number of fused-ring (bicyclic) bond motifs is 2. The summed E-state index contributed by atoms with van der Waals surface area (Å²) < 4.78 is 3.80. The number of thiazole rings is 2. The fraction of sp³-hybridized carbons (Fsp3) is 0.271. The summed E-state index contributed by atoms with van der Waals surface area (Å²) >= 11 is 3.15. The zero-order valence-electron chi connectivity index (χ0n) is 36.2. The highest BCUT2D eigenvalue weighted by Gasteiger charge is 2.30. The molecule has 4 heterocycles. The van der Waals surface area contributed by atoms with E-state index in [4.69, 9.17) is 30.3 Å². The predicted octanol–water partition coefficient (Wildman–Crippen LogP) is 14.1. The monoisotopic (exact) mass is 828 g/mol. The molecule has 0 unspecified atom stereocenters. The molecule has 0 radical (unpaired) electrons. The van der Waals surface area contributed by atoms with Crippen LogP contribution in [0.4, 0.5) is 39.6 Å². The second-order valence-corrected chi connectivity index (χ2v) is 19.0. The minimum Gasteiger partial charge on any atom is -0.338 e. The minimum atomic E-state index is -0.449. The number of aromatic nitrogens is 5. The third-order valence-corrected chi connectivity index (χ3v) is 12.5. The van der Waals surface area contributed by atoms with Gasteiger partial charge in [0.1, 0.15) is 23.1 Å². The normalized spacial score (nSPS) is 11.9. The number of benzene rings is 4. The highest BCUT2D eigenvalue weighted by molar-refractivity contribution is 7.22. The van der Waals surface area contributed by atoms with Gasteiger partial charge in [-0.2, -0.15) is 15.0 Å². The summed E-state index contributed by atoms with van der Waals surface area (Å²) in [4.78, 5) is 17.7. The van der Waals surface area contributed by atoms with Crippen molar-refractivity contribution in [3.63, 3.8) is 0 Å². The Kier molecular flexibility index (Phi) is 10.4. The fourth-order valence-corrected chi connectivity index (χ4v) is 9.99. The first-order valence-corrected chi connectivity index (χ1v) is 21.6. The molecule has 0 aliphatic carbocycles. The summed E-state index contributed by atoms with van der Waals surface area (Å²) in [5.41, 5.74) is 14.7. The Labute approximate surface area is 359 Å². The van der Waals surface area contributed by atoms with Gasteiger partial charge in [0, 0.05) is 11.1 Å². The average molecular weight is 829 g/mol. The van der Waals surface area contributed by atoms with E-state index in [2.05, 4.69) is 120 Å². The van der Waals surface area contributed by atoms with Gasteiger partial charge in [-0.15, -0.1) is 10.2 Å². The Morgan fingerprint density at radius 3 is 1.85 bits per heavy atom. The Morgan fingerprint density at radius 2 is 1.25 bits per heavy atom. The second kappa shape index (κ2) is 15.4. The molecular weight excluding hydrogens is 781 g/mol. The van der Waals surface area contributed by atoms with Gasteiger partial charge in [0.2, 0.25) is 5.13 Å². The summed E-state index contributed by atoms with van der Waals surface area (Å²) in [7, 11) is 0. The number of pyridine rings is 1. The molecule has 12 heteroatoms. The zero-order valence-corrected chi connectivity index (χ0v) is 37.8. The van der Waals surface area contributed by atoms with Crippen LogP contribution < -0.4 is 10.2 Å². The van der Waals surface area contributed by atoms with Gasteiger partial charge in [0.05, 0.1) is 31.8 Å². The van der Waals surface area contributed by atoms with Crippen molar-refractivity contribution in [2.45, 2.75) is 88.5 Å². The van der Waals surface area contributed by atoms with Crippen molar-refractivity contribution in [1.29, 1.82) is 5.26 Å². The van der Waals surface area contributed by atoms with E-state index in [1.807, 2.05) is 45.9 Å². The lowest BCUT2D eigenvalue weighted by atomic mass is 9.90. The smallest absolute Gasteiger partial charge is 0.213 e. The van der Waals surface area contributed by atoms with Gasteiger partial charge in [-0.1, -0.05) is 91.0 Å². The molecule has 0 saturated carbocycles. The van der Waals surface area contributed by atoms with Gasteiger partial charge >= 0.3 is 0 Å². The summed E-state index contributed by atoms with van der Waals surface area (Å²) in [6.45, 7) is 25.0. The summed E-state index contributed by atoms with van der Waals surface area (Å²) in [5, 5.41) is 30.7. The van der Waals surface area contributed by atoms with E-state index in [1.54, 1.807) is 16.0 Å². The molecule has 10 nitrogen and oxygen atoms in total. The molecule has 0 aliphatic heterocycles. The molecule has 60 heavy (non-hydrogen) atoms. The van der Waals surface area contributed by atoms with Crippen molar-refractivity contribution in [2.75, 3.05) is 10.2 Å². The summed E-state index contributed by atoms with van der Waals surface area (Å²) in [6, 6.07) is 25.7. The third kappa shape index (κ3) is 7.55. The molecule has 4 aromatic carbocycles. The largest absolute Gasteiger partial charge is 0.338 e. The molecule has 0 fully saturated rings. The molecule has 4 aromatic heterocycles. The van der Waals surface area contributed by atoms with Crippen LogP contribution in [0.3, 0.4) is 0 Å². The molecule has 0 saturated heterocycles. The number of nitrogens with zero attached hydrogens (tertiary/aromatic N) is 9. The topological polar surface area (TPSA) is 120 Å². The molecule has 0 atom stereocenters. The number of anilines is 5. The standard InChI is InChI=1S/C48H48N10S2/c1-25-13-15-35-37(21-25)59-46(50-35)57(42-32(8)19-28(4)20-33(42)9)39-23-31(7)41(44(52-39)53-40-29(5)17-27(3)18-30(40)6)54-55-45-34(24-49)43(48(10,11)12)56-58(45)47-51-36-16-14-26(2)22-38(36)60-47/h13-23H,1-12H3,(H,52,53). The van der Waals surface area contributed by atoms with Crippen molar-refractivity contribution in [3.05, 3.63) is 128 Å². The average Bonchev–Trinajstić information content (AvgIpc) is 3.88. The Bertz CT molecular complexity index is 3030. The summed E-state index contributed by atoms with van der Waals surface area (Å²) in [6.07, 6.45) is 0. The van der Waals surface area contributed by atoms with E-state index in [0.717, 1.165) is 70.3 Å². The van der Waals surface area contributed by atoms with Crippen molar-refractivity contribution in [2.24, 2.45) is 10.2 Å². The Balaban J connectivity index is 1.36. The van der Waals surface area contributed by atoms with Gasteiger partial charge in [0.25, 0.3) is 0 Å². The van der Waals surface area contributed by atoms with Crippen LogP contribution in [-0.4, -0.2) is 24.7 Å². The number of hydrogen-bond donors (Lipinski definition) is 1. The first-order chi connectivity index (χ1) is 28.5. The van der Waals surface area contributed by atoms with Gasteiger partial charge < -0.3 is 5.32 Å². The second-order valence-electron chi connectivity index (χ2n) is 16.9. The molecule has 0 bridgehead atoms. The number of nitrogens with one attached hydrogen (secondary N) is 1. The molecule has 302 valence electrons. The number of rotatable bonds is 8. The van der Waals surface area contributed by atoms with Crippen LogP contribution >= 0.6 is 22.7 Å². The van der Waals surface area contributed by atoms with E-state index < -0.39 is 5.41 Å². The predicted molar refractivity (Wildman–Crippen MR) is 249 cm³/mol. The van der Waals surface area contributed by atoms with Gasteiger partial charge in [-0.25, -0.2) is 15.0 Å². The number of nitriles is 1. The van der Waals surface area contributed by atoms with E-state index in [9.17, 15) is 5.26 Å². The molecule has 0 aliphatic rings. The molecule has 0 spiro atoms. The molecule has 0 amide bonds. The van der Waals surface area contributed by atoms with Crippen LogP contribution in [0.25, 0.3) is 25.6 Å². The molecule has 8 aromatic rings. The number of hydrogen-bond acceptors (Lipinski definition) is 11. The fourth-order valence-electron chi connectivity index (χ4n) is 7.89. The molecule has 8 rings (SSSR count). The summed E-state index contributed by atoms with van der Waals surface area (Å²) in [5.74, 6) is 1.52. The van der Waals surface area contributed by atoms with E-state index in [-0.39, 0.29) is 0 Å². The van der Waals surface area contributed by atoms with Crippen LogP contribution in [0.2, 0.25) is 0 Å². The highest BCUT2D eigenvalue weighted by Crippen LogP contribution is 2.45. The van der Waals surface area contributed by atoms with Crippen molar-refractivity contribution >= 4 is 82.8 Å². The van der Waals surface area contributed by atoms with Crippen molar-refractivity contribution in [1.82, 2.24) is 24.7 Å². The van der Waals surface area contributed by atoms with Gasteiger partial charge in [-0.05, 0) is 132 Å². The van der Waals surface area contributed by atoms with E-state index in [1.165, 1.54) is 28.0 Å². The molecule has 1 N–H and O–H groups in total. The Hall–Kier alpha value is -6.29. The maximum absolute atomic E-state index is 10.7. The van der Waals surface area contributed by atoms with Gasteiger partial charge in [-0.3, -0.25) is 4.90 Å². The highest BCUT2D eigenvalue weighted by atomic mass is 32.1. The quantitative estimate of drug-likeness (QED) is 0.151. The molecular formula is C48H48N10S2. The zero-order chi connectivity index (χ0) is 42.8. The lowest BCUT2D eigenvalue weighted by molar-refractivity contribution is 0.559. The van der Waals surface area contributed by atoms with E-state index >= 15 is 0 Å². The van der Waals surface area contributed by atoms with Crippen LogP contribution in [-0.2, 0) is 5.41 Å². The van der Waals surface area contributed by atoms with E-state index in [0.29, 0.717) is 39.5 Å². The van der Waals surface area contributed by atoms with Crippen molar-refractivity contribution < 1.29 is 0 Å². The van der Waals surface area contributed by atoms with Gasteiger partial charge in [0.15, 0.2) is 16.8 Å². The minimum absolute atomic E-state index is 0.313.